The van der Waals surface area contributed by atoms with E-state index in [4.69, 9.17) is 0 Å². The monoisotopic (exact) mass is 837 g/mol. The molecule has 0 radical (unpaired) electrons. The van der Waals surface area contributed by atoms with Crippen LogP contribution in [-0.2, 0) is 0 Å². The van der Waals surface area contributed by atoms with Crippen LogP contribution in [0.25, 0.3) is 0 Å². The highest BCUT2D eigenvalue weighted by Gasteiger charge is 2.57. The lowest BCUT2D eigenvalue weighted by Gasteiger charge is -2.42. The van der Waals surface area contributed by atoms with Crippen molar-refractivity contribution < 1.29 is 17.0 Å². The molecule has 8 aromatic carbocycles. The Morgan fingerprint density at radius 2 is 0.596 bits per heavy atom. The molecule has 0 fully saturated rings. The number of para-hydroxylation sites is 2. The molecule has 0 saturated carbocycles. The molecule has 0 N–H and O–H groups in total. The minimum Gasteiger partial charge on any atom is -1.00 e. The van der Waals surface area contributed by atoms with Crippen molar-refractivity contribution in [2.75, 3.05) is 4.90 Å². The summed E-state index contributed by atoms with van der Waals surface area (Å²) in [5.74, 6) is 0. The molecule has 0 aliphatic heterocycles. The molecule has 280 valence electrons. The third-order valence-corrected chi connectivity index (χ3v) is 20.4. The summed E-state index contributed by atoms with van der Waals surface area (Å²) in [5.41, 5.74) is 4.71. The molecular weight excluding hydrogens is 792 g/mol. The molecule has 0 spiro atoms. The Hall–Kier alpha value is -5.49. The molecule has 0 aliphatic carbocycles. The van der Waals surface area contributed by atoms with Gasteiger partial charge in [0.2, 0.25) is 0 Å². The van der Waals surface area contributed by atoms with E-state index in [1.165, 1.54) is 48.1 Å². The van der Waals surface area contributed by atoms with Crippen LogP contribution in [0.1, 0.15) is 13.8 Å². The number of allylic oxidation sites excluding steroid dienone is 2. The molecule has 0 amide bonds. The molecule has 8 aromatic rings. The van der Waals surface area contributed by atoms with E-state index in [9.17, 15) is 0 Å². The number of hydrogen-bond donors (Lipinski definition) is 0. The maximum atomic E-state index is 2.55. The topological polar surface area (TPSA) is 3.24 Å². The predicted molar refractivity (Wildman–Crippen MR) is 249 cm³/mol. The Morgan fingerprint density at radius 3 is 0.860 bits per heavy atom. The maximum absolute atomic E-state index is 2.82. The van der Waals surface area contributed by atoms with E-state index in [1.807, 2.05) is 0 Å². The first-order chi connectivity index (χ1) is 27.7. The molecule has 4 heteroatoms. The quantitative estimate of drug-likeness (QED) is 0.119. The molecule has 0 aliphatic rings. The van der Waals surface area contributed by atoms with Gasteiger partial charge in [-0.2, -0.15) is 0 Å². The summed E-state index contributed by atoms with van der Waals surface area (Å²) in [6.07, 6.45) is 0. The first-order valence-corrected chi connectivity index (χ1v) is 22.8. The molecule has 0 aromatic heterocycles. The second-order valence-corrected chi connectivity index (χ2v) is 21.1. The third kappa shape index (κ3) is 7.43. The van der Waals surface area contributed by atoms with E-state index in [1.54, 1.807) is 0 Å². The Balaban J connectivity index is 0.00000496. The van der Waals surface area contributed by atoms with Crippen molar-refractivity contribution in [2.24, 2.45) is 0 Å². The van der Waals surface area contributed by atoms with Gasteiger partial charge in [0.1, 0.15) is 28.2 Å². The second-order valence-electron chi connectivity index (χ2n) is 14.0. The minimum atomic E-state index is -2.82. The molecule has 0 unspecified atom stereocenters. The van der Waals surface area contributed by atoms with Gasteiger partial charge >= 0.3 is 0 Å². The summed E-state index contributed by atoms with van der Waals surface area (Å²) < 4.78 is 0. The van der Waals surface area contributed by atoms with Crippen molar-refractivity contribution in [3.63, 3.8) is 0 Å². The smallest absolute Gasteiger partial charge is 0.147 e. The van der Waals surface area contributed by atoms with Crippen LogP contribution < -0.4 is 53.7 Å². The lowest BCUT2D eigenvalue weighted by Crippen LogP contribution is -3.00. The van der Waals surface area contributed by atoms with E-state index in [0.717, 1.165) is 11.4 Å². The normalized spacial score (nSPS) is 11.2. The highest BCUT2D eigenvalue weighted by atomic mass is 79.9. The van der Waals surface area contributed by atoms with Crippen LogP contribution in [0.15, 0.2) is 254 Å². The average Bonchev–Trinajstić information content (AvgIpc) is 3.28. The lowest BCUT2D eigenvalue weighted by atomic mass is 10.1. The van der Waals surface area contributed by atoms with E-state index >= 15 is 0 Å². The summed E-state index contributed by atoms with van der Waals surface area (Å²) >= 11 is 0. The Bertz CT molecular complexity index is 2320. The Labute approximate surface area is 350 Å². The Morgan fingerprint density at radius 1 is 0.351 bits per heavy atom. The molecule has 0 atom stereocenters. The Kier molecular flexibility index (Phi) is 12.7. The van der Waals surface area contributed by atoms with Crippen LogP contribution in [0.5, 0.6) is 0 Å². The number of anilines is 2. The van der Waals surface area contributed by atoms with Gasteiger partial charge in [-0.3, -0.25) is 0 Å². The molecule has 57 heavy (non-hydrogen) atoms. The fourth-order valence-electron chi connectivity index (χ4n) is 8.19. The van der Waals surface area contributed by atoms with Crippen LogP contribution in [0.4, 0.5) is 11.4 Å². The lowest BCUT2D eigenvalue weighted by molar-refractivity contribution is -0.0000107. The van der Waals surface area contributed by atoms with Crippen molar-refractivity contribution >= 4 is 62.4 Å². The maximum Gasteiger partial charge on any atom is 0.147 e. The SMILES string of the molecule is CC(C)=C(C(=P(c1ccccc1)(c1ccccc1)c1ccccc1)[P+](c1ccccc1)(c1ccccc1)c1ccccc1)N(c1ccccc1)c1ccccc1.[Br-]. The first-order valence-electron chi connectivity index (χ1n) is 19.2. The van der Waals surface area contributed by atoms with Crippen LogP contribution in [-0.4, -0.2) is 5.03 Å². The number of hydrogen-bond acceptors (Lipinski definition) is 1. The van der Waals surface area contributed by atoms with Gasteiger partial charge in [0.05, 0.1) is 5.70 Å². The zero-order chi connectivity index (χ0) is 38.2. The number of nitrogens with zero attached hydrogens (tertiary/aromatic N) is 1. The highest BCUT2D eigenvalue weighted by Crippen LogP contribution is 2.68. The van der Waals surface area contributed by atoms with Gasteiger partial charge in [-0.1, -0.05) is 182 Å². The second kappa shape index (κ2) is 18.2. The van der Waals surface area contributed by atoms with Crippen LogP contribution in [0.3, 0.4) is 0 Å². The largest absolute Gasteiger partial charge is 1.00 e. The van der Waals surface area contributed by atoms with Crippen LogP contribution in [0.2, 0.25) is 0 Å². The predicted octanol–water partition coefficient (Wildman–Crippen LogP) is 8.24. The number of rotatable bonds is 11. The highest BCUT2D eigenvalue weighted by molar-refractivity contribution is 8.21. The molecule has 0 heterocycles. The molecule has 8 rings (SSSR count). The fraction of sp³-hybridized carbons (Fsp3) is 0.0377. The van der Waals surface area contributed by atoms with Gasteiger partial charge < -0.3 is 21.9 Å². The third-order valence-electron chi connectivity index (χ3n) is 10.4. The van der Waals surface area contributed by atoms with E-state index in [0.29, 0.717) is 0 Å². The summed E-state index contributed by atoms with van der Waals surface area (Å²) in [4.78, 5) is 2.55. The zero-order valence-corrected chi connectivity index (χ0v) is 35.7. The van der Waals surface area contributed by atoms with Gasteiger partial charge in [-0.15, -0.1) is 0 Å². The van der Waals surface area contributed by atoms with Crippen molar-refractivity contribution in [3.05, 3.63) is 254 Å². The van der Waals surface area contributed by atoms with Gasteiger partial charge in [-0.05, 0) is 96.0 Å². The van der Waals surface area contributed by atoms with Crippen molar-refractivity contribution in [2.45, 2.75) is 13.8 Å². The summed E-state index contributed by atoms with van der Waals surface area (Å²) in [6.45, 7) is 1.82. The molecule has 1 nitrogen and oxygen atoms in total. The van der Waals surface area contributed by atoms with Crippen molar-refractivity contribution in [3.8, 4) is 0 Å². The van der Waals surface area contributed by atoms with Gasteiger partial charge in [0.25, 0.3) is 0 Å². The average molecular weight is 839 g/mol. The van der Waals surface area contributed by atoms with E-state index < -0.39 is 14.1 Å². The van der Waals surface area contributed by atoms with Crippen molar-refractivity contribution in [1.82, 2.24) is 0 Å². The number of benzene rings is 8. The molecular formula is C53H46BrNP2. The first kappa shape index (κ1) is 39.7. The van der Waals surface area contributed by atoms with Crippen molar-refractivity contribution in [1.29, 1.82) is 0 Å². The van der Waals surface area contributed by atoms with Crippen LogP contribution >= 0.6 is 14.1 Å². The fourth-order valence-corrected chi connectivity index (χ4v) is 20.3. The minimum absolute atomic E-state index is 0. The van der Waals surface area contributed by atoms with E-state index in [-0.39, 0.29) is 17.0 Å². The van der Waals surface area contributed by atoms with Gasteiger partial charge in [-0.25, -0.2) is 0 Å². The standard InChI is InChI=1S/C53H46NP2.BrH/c1-43(2)52(54(44-27-11-3-12-28-44)45-29-13-4-14-30-45)53(55(46-31-15-5-16-32-46,47-33-17-6-18-34-47)48-35-19-7-20-36-48)56(49-37-21-8-22-38-49,50-39-23-9-24-40-50)51-41-25-10-26-42-51;/h3-42H,1-2H3;1H/q+1;/p-1. The number of halogens is 1. The van der Waals surface area contributed by atoms with Gasteiger partial charge in [0, 0.05) is 18.3 Å². The molecule has 0 saturated heterocycles. The summed E-state index contributed by atoms with van der Waals surface area (Å²) in [6, 6.07) is 90.3. The zero-order valence-electron chi connectivity index (χ0n) is 32.3. The van der Waals surface area contributed by atoms with Crippen LogP contribution in [0, 0.1) is 0 Å². The molecule has 0 bridgehead atoms. The summed E-state index contributed by atoms with van der Waals surface area (Å²) in [7, 11) is -2.82. The van der Waals surface area contributed by atoms with Gasteiger partial charge in [0.15, 0.2) is 0 Å². The summed E-state index contributed by atoms with van der Waals surface area (Å²) in [5, 5.41) is 9.36. The van der Waals surface area contributed by atoms with E-state index in [2.05, 4.69) is 261 Å².